The van der Waals surface area contributed by atoms with Gasteiger partial charge in [-0.25, -0.2) is 13.1 Å². The SMILES string of the molecule is CCN(CC)S(=O)(=O)c1ccc(N/N=C\c2c(C)nn(-c3ccccc3)c2N2CCCC2)c([N+](=O)[O-])c1. The van der Waals surface area contributed by atoms with Gasteiger partial charge < -0.3 is 4.90 Å². The average molecular weight is 526 g/mol. The molecule has 0 bridgehead atoms. The van der Waals surface area contributed by atoms with Gasteiger partial charge in [0.1, 0.15) is 11.5 Å². The Kier molecular flexibility index (Phi) is 7.89. The van der Waals surface area contributed by atoms with Crippen LogP contribution in [0.2, 0.25) is 0 Å². The van der Waals surface area contributed by atoms with E-state index in [1.807, 2.05) is 41.9 Å². The number of nitro groups is 1. The van der Waals surface area contributed by atoms with Crippen molar-refractivity contribution in [2.75, 3.05) is 36.5 Å². The molecule has 37 heavy (non-hydrogen) atoms. The average Bonchev–Trinajstić information content (AvgIpc) is 3.53. The van der Waals surface area contributed by atoms with E-state index in [4.69, 9.17) is 5.10 Å². The molecule has 196 valence electrons. The number of aryl methyl sites for hydroxylation is 1. The normalized spacial score (nSPS) is 14.1. The third-order valence-corrected chi connectivity index (χ3v) is 8.42. The van der Waals surface area contributed by atoms with Crippen molar-refractivity contribution in [1.29, 1.82) is 0 Å². The van der Waals surface area contributed by atoms with E-state index < -0.39 is 14.9 Å². The van der Waals surface area contributed by atoms with E-state index in [1.165, 1.54) is 16.4 Å². The second kappa shape index (κ2) is 11.1. The van der Waals surface area contributed by atoms with Gasteiger partial charge in [0.15, 0.2) is 0 Å². The molecule has 0 atom stereocenters. The maximum Gasteiger partial charge on any atom is 0.295 e. The van der Waals surface area contributed by atoms with Gasteiger partial charge in [0.2, 0.25) is 10.0 Å². The molecule has 11 nitrogen and oxygen atoms in total. The standard InChI is InChI=1S/C25H31N7O4S/c1-4-30(5-2)37(35,36)21-13-14-23(24(17-21)32(33)34)27-26-18-22-19(3)28-31(20-11-7-6-8-12-20)25(22)29-15-9-10-16-29/h6-8,11-14,17-18,27H,4-5,9-10,15-16H2,1-3H3/b26-18-. The van der Waals surface area contributed by atoms with Crippen LogP contribution in [0.1, 0.15) is 37.9 Å². The number of para-hydroxylation sites is 1. The van der Waals surface area contributed by atoms with E-state index in [0.29, 0.717) is 0 Å². The number of anilines is 2. The first kappa shape index (κ1) is 26.3. The van der Waals surface area contributed by atoms with Crippen molar-refractivity contribution >= 4 is 33.4 Å². The van der Waals surface area contributed by atoms with E-state index in [1.54, 1.807) is 20.1 Å². The van der Waals surface area contributed by atoms with Gasteiger partial charge in [-0.3, -0.25) is 15.5 Å². The summed E-state index contributed by atoms with van der Waals surface area (Å²) in [5.74, 6) is 0.918. The number of hydrogen-bond donors (Lipinski definition) is 1. The monoisotopic (exact) mass is 525 g/mol. The summed E-state index contributed by atoms with van der Waals surface area (Å²) in [7, 11) is -3.84. The fourth-order valence-corrected chi connectivity index (χ4v) is 5.94. The van der Waals surface area contributed by atoms with Crippen molar-refractivity contribution in [2.45, 2.75) is 38.5 Å². The van der Waals surface area contributed by atoms with Gasteiger partial charge in [-0.05, 0) is 44.0 Å². The fourth-order valence-electron chi connectivity index (χ4n) is 4.46. The number of sulfonamides is 1. The van der Waals surface area contributed by atoms with Crippen LogP contribution in [0.15, 0.2) is 58.5 Å². The molecule has 0 saturated carbocycles. The lowest BCUT2D eigenvalue weighted by molar-refractivity contribution is -0.384. The Morgan fingerprint density at radius 1 is 1.14 bits per heavy atom. The van der Waals surface area contributed by atoms with E-state index in [9.17, 15) is 18.5 Å². The number of benzene rings is 2. The number of nitrogens with one attached hydrogen (secondary N) is 1. The quantitative estimate of drug-likeness (QED) is 0.239. The van der Waals surface area contributed by atoms with Crippen LogP contribution in [0, 0.1) is 17.0 Å². The van der Waals surface area contributed by atoms with Gasteiger partial charge in [-0.15, -0.1) is 0 Å². The number of hydrazone groups is 1. The lowest BCUT2D eigenvalue weighted by Crippen LogP contribution is -2.30. The predicted octanol–water partition coefficient (Wildman–Crippen LogP) is 4.17. The maximum absolute atomic E-state index is 12.8. The van der Waals surface area contributed by atoms with Crippen LogP contribution in [0.5, 0.6) is 0 Å². The Morgan fingerprint density at radius 2 is 1.81 bits per heavy atom. The number of rotatable bonds is 10. The molecule has 1 saturated heterocycles. The van der Waals surface area contributed by atoms with E-state index in [0.717, 1.165) is 54.8 Å². The van der Waals surface area contributed by atoms with Crippen molar-refractivity contribution in [3.63, 3.8) is 0 Å². The molecule has 1 aliphatic rings. The smallest absolute Gasteiger partial charge is 0.295 e. The van der Waals surface area contributed by atoms with Crippen molar-refractivity contribution in [3.8, 4) is 5.69 Å². The van der Waals surface area contributed by atoms with Crippen LogP contribution in [0.25, 0.3) is 5.69 Å². The van der Waals surface area contributed by atoms with E-state index in [2.05, 4.69) is 15.4 Å². The van der Waals surface area contributed by atoms with Gasteiger partial charge in [-0.1, -0.05) is 32.0 Å². The molecule has 0 unspecified atom stereocenters. The second-order valence-corrected chi connectivity index (χ2v) is 10.6. The highest BCUT2D eigenvalue weighted by Gasteiger charge is 2.26. The molecule has 1 aliphatic heterocycles. The Hall–Kier alpha value is -3.77. The lowest BCUT2D eigenvalue weighted by Gasteiger charge is -2.20. The third kappa shape index (κ3) is 5.35. The highest BCUT2D eigenvalue weighted by atomic mass is 32.2. The predicted molar refractivity (Wildman–Crippen MR) is 144 cm³/mol. The largest absolute Gasteiger partial charge is 0.356 e. The number of nitro benzene ring substituents is 1. The summed E-state index contributed by atoms with van der Waals surface area (Å²) in [6.45, 7) is 7.69. The topological polar surface area (TPSA) is 126 Å². The van der Waals surface area contributed by atoms with E-state index >= 15 is 0 Å². The molecule has 4 rings (SSSR count). The molecular formula is C25H31N7O4S. The van der Waals surface area contributed by atoms with Gasteiger partial charge in [0.05, 0.1) is 33.0 Å². The molecule has 1 N–H and O–H groups in total. The van der Waals surface area contributed by atoms with Crippen molar-refractivity contribution in [3.05, 3.63) is 69.9 Å². The number of hydrogen-bond acceptors (Lipinski definition) is 8. The first-order chi connectivity index (χ1) is 17.8. The van der Waals surface area contributed by atoms with Gasteiger partial charge >= 0.3 is 0 Å². The molecule has 0 aliphatic carbocycles. The molecule has 1 aromatic heterocycles. The number of nitrogens with zero attached hydrogens (tertiary/aromatic N) is 6. The summed E-state index contributed by atoms with van der Waals surface area (Å²) in [6, 6.07) is 13.6. The van der Waals surface area contributed by atoms with Crippen molar-refractivity contribution in [1.82, 2.24) is 14.1 Å². The minimum Gasteiger partial charge on any atom is -0.356 e. The molecule has 0 radical (unpaired) electrons. The molecular weight excluding hydrogens is 494 g/mol. The Bertz CT molecular complexity index is 1390. The number of aromatic nitrogens is 2. The van der Waals surface area contributed by atoms with Crippen LogP contribution in [-0.2, 0) is 10.0 Å². The lowest BCUT2D eigenvalue weighted by atomic mass is 10.2. The van der Waals surface area contributed by atoms with Crippen molar-refractivity contribution in [2.24, 2.45) is 5.10 Å². The zero-order valence-corrected chi connectivity index (χ0v) is 22.0. The summed E-state index contributed by atoms with van der Waals surface area (Å²) in [6.07, 6.45) is 3.78. The minimum absolute atomic E-state index is 0.0931. The summed E-state index contributed by atoms with van der Waals surface area (Å²) in [4.78, 5) is 13.3. The zero-order chi connectivity index (χ0) is 26.6. The molecule has 2 heterocycles. The van der Waals surface area contributed by atoms with E-state index in [-0.39, 0.29) is 29.4 Å². The molecule has 12 heteroatoms. The highest BCUT2D eigenvalue weighted by molar-refractivity contribution is 7.89. The third-order valence-electron chi connectivity index (χ3n) is 6.38. The summed E-state index contributed by atoms with van der Waals surface area (Å²) in [5.41, 5.74) is 4.96. The Balaban J connectivity index is 1.67. The summed E-state index contributed by atoms with van der Waals surface area (Å²) < 4.78 is 28.8. The van der Waals surface area contributed by atoms with Crippen molar-refractivity contribution < 1.29 is 13.3 Å². The Labute approximate surface area is 216 Å². The van der Waals surface area contributed by atoms with Crippen LogP contribution < -0.4 is 10.3 Å². The highest BCUT2D eigenvalue weighted by Crippen LogP contribution is 2.31. The minimum atomic E-state index is -3.84. The molecule has 1 fully saturated rings. The van der Waals surface area contributed by atoms with Crippen LogP contribution in [-0.4, -0.2) is 59.8 Å². The van der Waals surface area contributed by atoms with Gasteiger partial charge in [0, 0.05) is 32.2 Å². The van der Waals surface area contributed by atoms with Gasteiger partial charge in [-0.2, -0.15) is 14.5 Å². The summed E-state index contributed by atoms with van der Waals surface area (Å²) in [5, 5.41) is 20.8. The first-order valence-corrected chi connectivity index (χ1v) is 13.7. The van der Waals surface area contributed by atoms with Crippen LogP contribution in [0.3, 0.4) is 0 Å². The molecule has 3 aromatic rings. The first-order valence-electron chi connectivity index (χ1n) is 12.3. The summed E-state index contributed by atoms with van der Waals surface area (Å²) >= 11 is 0. The molecule has 0 spiro atoms. The Morgan fingerprint density at radius 3 is 2.43 bits per heavy atom. The van der Waals surface area contributed by atoms with Gasteiger partial charge in [0.25, 0.3) is 5.69 Å². The van der Waals surface area contributed by atoms with Crippen LogP contribution >= 0.6 is 0 Å². The second-order valence-electron chi connectivity index (χ2n) is 8.66. The fraction of sp³-hybridized carbons (Fsp3) is 0.360. The van der Waals surface area contributed by atoms with Crippen LogP contribution in [0.4, 0.5) is 17.2 Å². The zero-order valence-electron chi connectivity index (χ0n) is 21.2. The maximum atomic E-state index is 12.8. The molecule has 2 aromatic carbocycles. The molecule has 0 amide bonds.